The van der Waals surface area contributed by atoms with Crippen LogP contribution in [-0.4, -0.2) is 11.4 Å². The van der Waals surface area contributed by atoms with Crippen molar-refractivity contribution in [1.29, 1.82) is 0 Å². The van der Waals surface area contributed by atoms with Crippen molar-refractivity contribution in [2.24, 2.45) is 5.92 Å². The Labute approximate surface area is 96.3 Å². The first kappa shape index (κ1) is 11.2. The molecule has 0 saturated heterocycles. The minimum Gasteiger partial charge on any atom is -0.508 e. The van der Waals surface area contributed by atoms with E-state index in [1.54, 1.807) is 12.1 Å². The SMILES string of the molecule is O=CC(c1ccccc1O)C1CCCCC1. The predicted molar refractivity (Wildman–Crippen MR) is 63.5 cm³/mol. The van der Waals surface area contributed by atoms with Crippen LogP contribution in [0.25, 0.3) is 0 Å². The molecule has 1 aliphatic carbocycles. The van der Waals surface area contributed by atoms with Crippen LogP contribution in [0.15, 0.2) is 24.3 Å². The van der Waals surface area contributed by atoms with E-state index in [1.807, 2.05) is 12.1 Å². The van der Waals surface area contributed by atoms with Crippen LogP contribution in [0, 0.1) is 5.92 Å². The maximum atomic E-state index is 11.2. The Bertz CT molecular complexity index is 354. The van der Waals surface area contributed by atoms with Crippen molar-refractivity contribution >= 4 is 6.29 Å². The average Bonchev–Trinajstić information content (AvgIpc) is 2.34. The maximum absolute atomic E-state index is 11.2. The minimum absolute atomic E-state index is 0.124. The molecule has 2 nitrogen and oxygen atoms in total. The van der Waals surface area contributed by atoms with Crippen molar-refractivity contribution < 1.29 is 9.90 Å². The second-order valence-electron chi connectivity index (χ2n) is 4.62. The smallest absolute Gasteiger partial charge is 0.127 e. The first-order valence-electron chi connectivity index (χ1n) is 6.06. The van der Waals surface area contributed by atoms with Crippen LogP contribution in [0.5, 0.6) is 5.75 Å². The van der Waals surface area contributed by atoms with Crippen molar-refractivity contribution in [1.82, 2.24) is 0 Å². The highest BCUT2D eigenvalue weighted by atomic mass is 16.3. The van der Waals surface area contributed by atoms with E-state index in [0.717, 1.165) is 24.7 Å². The number of hydrogen-bond acceptors (Lipinski definition) is 2. The number of rotatable bonds is 3. The second-order valence-corrected chi connectivity index (χ2v) is 4.62. The number of carbonyl (C=O) groups is 1. The Morgan fingerprint density at radius 2 is 1.88 bits per heavy atom. The van der Waals surface area contributed by atoms with Gasteiger partial charge in [-0.15, -0.1) is 0 Å². The Balaban J connectivity index is 2.21. The van der Waals surface area contributed by atoms with Crippen molar-refractivity contribution in [3.63, 3.8) is 0 Å². The summed E-state index contributed by atoms with van der Waals surface area (Å²) in [4.78, 5) is 11.2. The molecule has 1 atom stereocenters. The lowest BCUT2D eigenvalue weighted by atomic mass is 9.77. The van der Waals surface area contributed by atoms with Crippen molar-refractivity contribution in [3.05, 3.63) is 29.8 Å². The predicted octanol–water partition coefficient (Wildman–Crippen LogP) is 3.26. The van der Waals surface area contributed by atoms with Gasteiger partial charge in [0, 0.05) is 11.5 Å². The third-order valence-electron chi connectivity index (χ3n) is 3.60. The number of aldehydes is 1. The molecular formula is C14H18O2. The molecule has 1 saturated carbocycles. The first-order valence-corrected chi connectivity index (χ1v) is 6.06. The third-order valence-corrected chi connectivity index (χ3v) is 3.60. The van der Waals surface area contributed by atoms with Gasteiger partial charge >= 0.3 is 0 Å². The van der Waals surface area contributed by atoms with E-state index in [-0.39, 0.29) is 11.7 Å². The van der Waals surface area contributed by atoms with Crippen LogP contribution in [0.1, 0.15) is 43.6 Å². The zero-order chi connectivity index (χ0) is 11.4. The number of phenolic OH excluding ortho intramolecular Hbond substituents is 1. The van der Waals surface area contributed by atoms with Crippen LogP contribution in [0.2, 0.25) is 0 Å². The molecule has 16 heavy (non-hydrogen) atoms. The Morgan fingerprint density at radius 3 is 2.50 bits per heavy atom. The van der Waals surface area contributed by atoms with E-state index in [2.05, 4.69) is 0 Å². The first-order chi connectivity index (χ1) is 7.83. The number of benzene rings is 1. The Kier molecular flexibility index (Phi) is 3.60. The van der Waals surface area contributed by atoms with Gasteiger partial charge < -0.3 is 9.90 Å². The molecule has 1 aliphatic rings. The van der Waals surface area contributed by atoms with Crippen molar-refractivity contribution in [3.8, 4) is 5.75 Å². The van der Waals surface area contributed by atoms with E-state index in [9.17, 15) is 9.90 Å². The standard InChI is InChI=1S/C14H18O2/c15-10-13(11-6-2-1-3-7-11)12-8-4-5-9-14(12)16/h4-5,8-11,13,16H,1-3,6-7H2. The lowest BCUT2D eigenvalue weighted by molar-refractivity contribution is -0.110. The molecular weight excluding hydrogens is 200 g/mol. The van der Waals surface area contributed by atoms with Gasteiger partial charge in [-0.05, 0) is 24.8 Å². The van der Waals surface area contributed by atoms with E-state index in [0.29, 0.717) is 5.92 Å². The minimum atomic E-state index is -0.124. The zero-order valence-electron chi connectivity index (χ0n) is 9.43. The topological polar surface area (TPSA) is 37.3 Å². The maximum Gasteiger partial charge on any atom is 0.127 e. The van der Waals surface area contributed by atoms with Gasteiger partial charge in [-0.2, -0.15) is 0 Å². The quantitative estimate of drug-likeness (QED) is 0.791. The summed E-state index contributed by atoms with van der Waals surface area (Å²) in [7, 11) is 0. The molecule has 2 rings (SSSR count). The van der Waals surface area contributed by atoms with E-state index >= 15 is 0 Å². The van der Waals surface area contributed by atoms with Gasteiger partial charge in [0.2, 0.25) is 0 Å². The highest BCUT2D eigenvalue weighted by Gasteiger charge is 2.26. The molecule has 1 N–H and O–H groups in total. The van der Waals surface area contributed by atoms with E-state index < -0.39 is 0 Å². The highest BCUT2D eigenvalue weighted by Crippen LogP contribution is 2.37. The van der Waals surface area contributed by atoms with Gasteiger partial charge in [0.1, 0.15) is 12.0 Å². The largest absolute Gasteiger partial charge is 0.508 e. The van der Waals surface area contributed by atoms with Gasteiger partial charge in [0.05, 0.1) is 0 Å². The number of hydrogen-bond donors (Lipinski definition) is 1. The van der Waals surface area contributed by atoms with E-state index in [1.165, 1.54) is 19.3 Å². The summed E-state index contributed by atoms with van der Waals surface area (Å²) in [5.41, 5.74) is 0.796. The average molecular weight is 218 g/mol. The monoisotopic (exact) mass is 218 g/mol. The molecule has 1 unspecified atom stereocenters. The number of phenols is 1. The molecule has 0 heterocycles. The van der Waals surface area contributed by atoms with Gasteiger partial charge in [-0.25, -0.2) is 0 Å². The van der Waals surface area contributed by atoms with Crippen LogP contribution in [0.4, 0.5) is 0 Å². The fraction of sp³-hybridized carbons (Fsp3) is 0.500. The lowest BCUT2D eigenvalue weighted by Gasteiger charge is -2.27. The molecule has 86 valence electrons. The number of para-hydroxylation sites is 1. The zero-order valence-corrected chi connectivity index (χ0v) is 9.43. The molecule has 0 aliphatic heterocycles. The molecule has 1 aromatic carbocycles. The molecule has 0 amide bonds. The number of carbonyl (C=O) groups excluding carboxylic acids is 1. The summed E-state index contributed by atoms with van der Waals surface area (Å²) in [6.07, 6.45) is 6.93. The summed E-state index contributed by atoms with van der Waals surface area (Å²) < 4.78 is 0. The summed E-state index contributed by atoms with van der Waals surface area (Å²) in [6, 6.07) is 7.20. The molecule has 0 radical (unpaired) electrons. The Hall–Kier alpha value is -1.31. The van der Waals surface area contributed by atoms with Crippen LogP contribution in [0.3, 0.4) is 0 Å². The second kappa shape index (κ2) is 5.15. The summed E-state index contributed by atoms with van der Waals surface area (Å²) >= 11 is 0. The third kappa shape index (κ3) is 2.26. The fourth-order valence-electron chi connectivity index (χ4n) is 2.70. The highest BCUT2D eigenvalue weighted by molar-refractivity contribution is 5.64. The van der Waals surface area contributed by atoms with Crippen LogP contribution in [-0.2, 0) is 4.79 Å². The molecule has 2 heteroatoms. The van der Waals surface area contributed by atoms with Crippen molar-refractivity contribution in [2.45, 2.75) is 38.0 Å². The van der Waals surface area contributed by atoms with Gasteiger partial charge in [-0.3, -0.25) is 0 Å². The summed E-state index contributed by atoms with van der Waals surface area (Å²) in [5, 5.41) is 9.78. The van der Waals surface area contributed by atoms with Crippen LogP contribution >= 0.6 is 0 Å². The summed E-state index contributed by atoms with van der Waals surface area (Å²) in [5.74, 6) is 0.547. The van der Waals surface area contributed by atoms with Gasteiger partial charge in [-0.1, -0.05) is 37.5 Å². The fourth-order valence-corrected chi connectivity index (χ4v) is 2.70. The molecule has 0 spiro atoms. The molecule has 0 bridgehead atoms. The Morgan fingerprint density at radius 1 is 1.19 bits per heavy atom. The van der Waals surface area contributed by atoms with Gasteiger partial charge in [0.15, 0.2) is 0 Å². The lowest BCUT2D eigenvalue weighted by Crippen LogP contribution is -2.17. The van der Waals surface area contributed by atoms with Crippen LogP contribution < -0.4 is 0 Å². The normalized spacial score (nSPS) is 19.2. The molecule has 0 aromatic heterocycles. The summed E-state index contributed by atoms with van der Waals surface area (Å²) in [6.45, 7) is 0. The van der Waals surface area contributed by atoms with E-state index in [4.69, 9.17) is 0 Å². The number of aromatic hydroxyl groups is 1. The molecule has 1 fully saturated rings. The molecule has 1 aromatic rings. The van der Waals surface area contributed by atoms with Crippen molar-refractivity contribution in [2.75, 3.05) is 0 Å². The van der Waals surface area contributed by atoms with Gasteiger partial charge in [0.25, 0.3) is 0 Å².